The predicted molar refractivity (Wildman–Crippen MR) is 104 cm³/mol. The first kappa shape index (κ1) is 19.1. The van der Waals surface area contributed by atoms with Gasteiger partial charge in [-0.1, -0.05) is 11.6 Å². The molecule has 1 N–H and O–H groups in total. The Bertz CT molecular complexity index is 979. The van der Waals surface area contributed by atoms with Crippen LogP contribution < -0.4 is 10.9 Å². The third-order valence-electron chi connectivity index (χ3n) is 4.86. The molecule has 7 nitrogen and oxygen atoms in total. The molecule has 0 unspecified atom stereocenters. The molecule has 142 valence electrons. The lowest BCUT2D eigenvalue weighted by Crippen LogP contribution is -2.33. The van der Waals surface area contributed by atoms with Crippen molar-refractivity contribution in [2.45, 2.75) is 56.9 Å². The van der Waals surface area contributed by atoms with E-state index in [4.69, 9.17) is 11.6 Å². The topological polar surface area (TPSA) is 94.0 Å². The molecule has 0 atom stereocenters. The molecule has 2 aromatic heterocycles. The van der Waals surface area contributed by atoms with Crippen molar-refractivity contribution in [2.75, 3.05) is 11.6 Å². The van der Waals surface area contributed by atoms with E-state index in [2.05, 4.69) is 15.3 Å². The summed E-state index contributed by atoms with van der Waals surface area (Å²) in [6, 6.07) is 1.62. The molecule has 1 saturated carbocycles. The summed E-state index contributed by atoms with van der Waals surface area (Å²) in [5.41, 5.74) is 0.268. The van der Waals surface area contributed by atoms with Gasteiger partial charge in [0.05, 0.1) is 5.25 Å². The number of nitrogens with one attached hydrogen (secondary N) is 1. The fraction of sp³-hybridized carbons (Fsp3) is 0.588. The van der Waals surface area contributed by atoms with Gasteiger partial charge in [0.2, 0.25) is 5.95 Å². The maximum absolute atomic E-state index is 12.3. The van der Waals surface area contributed by atoms with Crippen molar-refractivity contribution >= 4 is 38.4 Å². The number of fused-ring (bicyclic) bond motifs is 1. The summed E-state index contributed by atoms with van der Waals surface area (Å²) in [5.74, 6) is 0.441. The number of hydrogen-bond acceptors (Lipinski definition) is 6. The molecule has 2 heterocycles. The lowest BCUT2D eigenvalue weighted by atomic mass is 9.95. The SMILES string of the molecule is CC(C)n1c(=O)c(Cl)cc2cnc(NC3CCC(S(C)(=O)=O)CC3)nc21. The summed E-state index contributed by atoms with van der Waals surface area (Å²) in [6.07, 6.45) is 5.71. The molecule has 0 bridgehead atoms. The Hall–Kier alpha value is -1.67. The van der Waals surface area contributed by atoms with Crippen LogP contribution in [-0.2, 0) is 9.84 Å². The summed E-state index contributed by atoms with van der Waals surface area (Å²) in [6.45, 7) is 3.80. The monoisotopic (exact) mass is 398 g/mol. The standard InChI is InChI=1S/C17H23ClN4O3S/c1-10(2)22-15-11(8-14(18)16(22)23)9-19-17(21-15)20-12-4-6-13(7-5-12)26(3,24)25/h8-10,12-13H,4-7H2,1-3H3,(H,19,20,21). The Labute approximate surface area is 157 Å². The molecular weight excluding hydrogens is 376 g/mol. The Morgan fingerprint density at radius 2 is 1.92 bits per heavy atom. The molecule has 1 aliphatic rings. The van der Waals surface area contributed by atoms with Gasteiger partial charge in [-0.05, 0) is 45.6 Å². The Morgan fingerprint density at radius 1 is 1.27 bits per heavy atom. The zero-order valence-corrected chi connectivity index (χ0v) is 16.6. The molecule has 3 rings (SSSR count). The number of rotatable bonds is 4. The van der Waals surface area contributed by atoms with Crippen molar-refractivity contribution in [1.82, 2.24) is 14.5 Å². The minimum absolute atomic E-state index is 0.0864. The highest BCUT2D eigenvalue weighted by Gasteiger charge is 2.28. The second kappa shape index (κ2) is 7.15. The van der Waals surface area contributed by atoms with E-state index in [9.17, 15) is 13.2 Å². The van der Waals surface area contributed by atoms with E-state index < -0.39 is 9.84 Å². The van der Waals surface area contributed by atoms with Crippen molar-refractivity contribution in [3.8, 4) is 0 Å². The highest BCUT2D eigenvalue weighted by Crippen LogP contribution is 2.26. The van der Waals surface area contributed by atoms with Crippen LogP contribution in [0.5, 0.6) is 0 Å². The van der Waals surface area contributed by atoms with Crippen molar-refractivity contribution in [3.63, 3.8) is 0 Å². The number of halogens is 1. The van der Waals surface area contributed by atoms with Gasteiger partial charge in [-0.15, -0.1) is 0 Å². The number of nitrogens with zero attached hydrogens (tertiary/aromatic N) is 3. The van der Waals surface area contributed by atoms with Gasteiger partial charge in [0.15, 0.2) is 0 Å². The van der Waals surface area contributed by atoms with E-state index in [0.29, 0.717) is 29.8 Å². The summed E-state index contributed by atoms with van der Waals surface area (Å²) in [7, 11) is -2.98. The highest BCUT2D eigenvalue weighted by atomic mass is 35.5. The van der Waals surface area contributed by atoms with Gasteiger partial charge in [0.1, 0.15) is 20.5 Å². The average molecular weight is 399 g/mol. The first-order chi connectivity index (χ1) is 12.2. The van der Waals surface area contributed by atoms with Crippen LogP contribution >= 0.6 is 11.6 Å². The quantitative estimate of drug-likeness (QED) is 0.850. The Kier molecular flexibility index (Phi) is 5.25. The maximum atomic E-state index is 12.3. The summed E-state index contributed by atoms with van der Waals surface area (Å²) in [4.78, 5) is 21.2. The Balaban J connectivity index is 1.85. The lowest BCUT2D eigenvalue weighted by molar-refractivity contribution is 0.452. The molecule has 0 aromatic carbocycles. The molecule has 0 spiro atoms. The van der Waals surface area contributed by atoms with Gasteiger partial charge < -0.3 is 5.32 Å². The van der Waals surface area contributed by atoms with Crippen LogP contribution in [0.3, 0.4) is 0 Å². The normalized spacial score (nSPS) is 21.3. The van der Waals surface area contributed by atoms with Crippen molar-refractivity contribution in [2.24, 2.45) is 0 Å². The van der Waals surface area contributed by atoms with Crippen LogP contribution in [0.1, 0.15) is 45.6 Å². The van der Waals surface area contributed by atoms with Crippen LogP contribution in [0.25, 0.3) is 11.0 Å². The van der Waals surface area contributed by atoms with E-state index >= 15 is 0 Å². The smallest absolute Gasteiger partial charge is 0.271 e. The van der Waals surface area contributed by atoms with Crippen LogP contribution in [0.2, 0.25) is 5.02 Å². The number of sulfone groups is 1. The first-order valence-electron chi connectivity index (χ1n) is 8.70. The van der Waals surface area contributed by atoms with Crippen LogP contribution in [0, 0.1) is 0 Å². The molecule has 1 fully saturated rings. The third kappa shape index (κ3) is 3.86. The molecule has 26 heavy (non-hydrogen) atoms. The van der Waals surface area contributed by atoms with Crippen LogP contribution in [0.15, 0.2) is 17.1 Å². The number of pyridine rings is 1. The first-order valence-corrected chi connectivity index (χ1v) is 11.0. The predicted octanol–water partition coefficient (Wildman–Crippen LogP) is 2.79. The van der Waals surface area contributed by atoms with Crippen molar-refractivity contribution in [3.05, 3.63) is 27.6 Å². The summed E-state index contributed by atoms with van der Waals surface area (Å²) >= 11 is 6.03. The average Bonchev–Trinajstić information content (AvgIpc) is 2.55. The summed E-state index contributed by atoms with van der Waals surface area (Å²) in [5, 5.41) is 3.87. The van der Waals surface area contributed by atoms with Gasteiger partial charge in [-0.25, -0.2) is 13.4 Å². The van der Waals surface area contributed by atoms with Gasteiger partial charge in [-0.3, -0.25) is 9.36 Å². The second-order valence-electron chi connectivity index (χ2n) is 7.18. The number of aromatic nitrogens is 3. The van der Waals surface area contributed by atoms with Gasteiger partial charge in [-0.2, -0.15) is 4.98 Å². The zero-order chi connectivity index (χ0) is 19.1. The third-order valence-corrected chi connectivity index (χ3v) is 6.81. The van der Waals surface area contributed by atoms with Crippen LogP contribution in [0.4, 0.5) is 5.95 Å². The molecule has 0 radical (unpaired) electrons. The fourth-order valence-corrected chi connectivity index (χ4v) is 4.79. The van der Waals surface area contributed by atoms with Gasteiger partial charge in [0, 0.05) is 29.9 Å². The second-order valence-corrected chi connectivity index (χ2v) is 9.91. The number of anilines is 1. The fourth-order valence-electron chi connectivity index (χ4n) is 3.45. The zero-order valence-electron chi connectivity index (χ0n) is 15.1. The molecule has 9 heteroatoms. The number of hydrogen-bond donors (Lipinski definition) is 1. The largest absolute Gasteiger partial charge is 0.351 e. The molecular formula is C17H23ClN4O3S. The molecule has 1 aliphatic carbocycles. The minimum atomic E-state index is -2.98. The van der Waals surface area contributed by atoms with E-state index in [0.717, 1.165) is 12.8 Å². The minimum Gasteiger partial charge on any atom is -0.351 e. The molecule has 0 amide bonds. The van der Waals surface area contributed by atoms with Gasteiger partial charge >= 0.3 is 0 Å². The maximum Gasteiger partial charge on any atom is 0.271 e. The van der Waals surface area contributed by atoms with E-state index in [-0.39, 0.29) is 27.9 Å². The van der Waals surface area contributed by atoms with E-state index in [1.54, 1.807) is 16.8 Å². The Morgan fingerprint density at radius 3 is 2.50 bits per heavy atom. The lowest BCUT2D eigenvalue weighted by Gasteiger charge is -2.28. The van der Waals surface area contributed by atoms with E-state index in [1.165, 1.54) is 6.26 Å². The summed E-state index contributed by atoms with van der Waals surface area (Å²) < 4.78 is 24.9. The van der Waals surface area contributed by atoms with Crippen molar-refractivity contribution in [1.29, 1.82) is 0 Å². The molecule has 0 aliphatic heterocycles. The molecule has 0 saturated heterocycles. The highest BCUT2D eigenvalue weighted by molar-refractivity contribution is 7.91. The molecule has 2 aromatic rings. The van der Waals surface area contributed by atoms with Gasteiger partial charge in [0.25, 0.3) is 5.56 Å². The van der Waals surface area contributed by atoms with Crippen molar-refractivity contribution < 1.29 is 8.42 Å². The van der Waals surface area contributed by atoms with E-state index in [1.807, 2.05) is 13.8 Å². The van der Waals surface area contributed by atoms with Crippen LogP contribution in [-0.4, -0.2) is 40.5 Å².